The van der Waals surface area contributed by atoms with Crippen molar-refractivity contribution in [2.45, 2.75) is 128 Å². The molecule has 2 rings (SSSR count). The van der Waals surface area contributed by atoms with E-state index in [2.05, 4.69) is 10.6 Å². The predicted molar refractivity (Wildman–Crippen MR) is 122 cm³/mol. The Morgan fingerprint density at radius 3 is 1.34 bits per heavy atom. The molecule has 2 aliphatic rings. The molecular formula is C24H44N2O6. The summed E-state index contributed by atoms with van der Waals surface area (Å²) in [6, 6.07) is -0.459. The van der Waals surface area contributed by atoms with E-state index in [0.29, 0.717) is 38.5 Å². The summed E-state index contributed by atoms with van der Waals surface area (Å²) in [6.07, 6.45) is 2.22. The van der Waals surface area contributed by atoms with Crippen LogP contribution in [0, 0.1) is 11.8 Å². The monoisotopic (exact) mass is 456 g/mol. The summed E-state index contributed by atoms with van der Waals surface area (Å²) < 4.78 is 10.9. The highest BCUT2D eigenvalue weighted by Crippen LogP contribution is 2.44. The number of hydrogen-bond acceptors (Lipinski definition) is 6. The quantitative estimate of drug-likeness (QED) is 0.512. The smallest absolute Gasteiger partial charge is 0.407 e. The van der Waals surface area contributed by atoms with Crippen LogP contribution in [0.25, 0.3) is 0 Å². The largest absolute Gasteiger partial charge is 0.444 e. The fraction of sp³-hybridized carbons (Fsp3) is 0.917. The second-order valence-corrected chi connectivity index (χ2v) is 12.3. The number of amides is 2. The van der Waals surface area contributed by atoms with E-state index in [1.807, 2.05) is 41.5 Å². The average Bonchev–Trinajstić information content (AvgIpc) is 2.54. The number of carbonyl (C=O) groups is 2. The normalized spacial score (nSPS) is 36.2. The third kappa shape index (κ3) is 8.43. The first-order chi connectivity index (χ1) is 14.4. The van der Waals surface area contributed by atoms with E-state index in [9.17, 15) is 19.8 Å². The molecule has 0 heterocycles. The number of carbonyl (C=O) groups excluding carboxylic acids is 2. The van der Waals surface area contributed by atoms with E-state index in [1.54, 1.807) is 13.8 Å². The van der Waals surface area contributed by atoms with E-state index in [0.717, 1.165) is 0 Å². The molecule has 8 heteroatoms. The molecule has 2 unspecified atom stereocenters. The van der Waals surface area contributed by atoms with Gasteiger partial charge in [-0.1, -0.05) is 0 Å². The molecule has 0 radical (unpaired) electrons. The molecule has 2 fully saturated rings. The van der Waals surface area contributed by atoms with E-state index in [-0.39, 0.29) is 23.9 Å². The molecule has 32 heavy (non-hydrogen) atoms. The Balaban J connectivity index is 2.25. The predicted octanol–water partition coefficient (Wildman–Crippen LogP) is 3.88. The van der Waals surface area contributed by atoms with Gasteiger partial charge in [-0.25, -0.2) is 9.59 Å². The Morgan fingerprint density at radius 1 is 0.750 bits per heavy atom. The fourth-order valence-electron chi connectivity index (χ4n) is 5.04. The number of hydrogen-bond donors (Lipinski definition) is 4. The van der Waals surface area contributed by atoms with Crippen molar-refractivity contribution in [2.24, 2.45) is 11.8 Å². The molecule has 0 aromatic carbocycles. The molecular weight excluding hydrogens is 412 g/mol. The van der Waals surface area contributed by atoms with Crippen molar-refractivity contribution in [3.8, 4) is 0 Å². The fourth-order valence-corrected chi connectivity index (χ4v) is 5.04. The molecule has 0 saturated heterocycles. The number of ether oxygens (including phenoxy) is 2. The van der Waals surface area contributed by atoms with Gasteiger partial charge in [-0.15, -0.1) is 0 Å². The van der Waals surface area contributed by atoms with Crippen molar-refractivity contribution < 1.29 is 29.3 Å². The number of aliphatic hydroxyl groups is 2. The van der Waals surface area contributed by atoms with Gasteiger partial charge in [0.25, 0.3) is 0 Å². The first-order valence-electron chi connectivity index (χ1n) is 11.8. The molecule has 186 valence electrons. The van der Waals surface area contributed by atoms with Gasteiger partial charge in [0.2, 0.25) is 0 Å². The molecule has 0 aromatic rings. The molecule has 0 bridgehead atoms. The molecule has 6 atom stereocenters. The van der Waals surface area contributed by atoms with E-state index < -0.39 is 34.6 Å². The van der Waals surface area contributed by atoms with Crippen LogP contribution in [0.1, 0.15) is 93.9 Å². The van der Waals surface area contributed by atoms with Crippen LogP contribution >= 0.6 is 0 Å². The molecule has 2 saturated carbocycles. The Kier molecular flexibility index (Phi) is 7.82. The van der Waals surface area contributed by atoms with Gasteiger partial charge in [0, 0.05) is 12.1 Å². The summed E-state index contributed by atoms with van der Waals surface area (Å²) in [6.45, 7) is 14.5. The standard InChI is InChI=1S/C24H44N2O6/c1-21(2,3)31-19(27)25-17-9-11-23(7,29)13-15(17)16-14-24(8,30)12-10-18(16)26-20(28)32-22(4,5)6/h15-18,29-30H,9-14H2,1-8H3,(H,25,27)(H,26,28)/t15?,16?,17-,18+,23-,24-/m1/s1. The Bertz CT molecular complexity index is 619. The Hall–Kier alpha value is -1.54. The van der Waals surface area contributed by atoms with Crippen LogP contribution in [0.2, 0.25) is 0 Å². The van der Waals surface area contributed by atoms with Crippen LogP contribution in [0.5, 0.6) is 0 Å². The highest BCUT2D eigenvalue weighted by atomic mass is 16.6. The maximum atomic E-state index is 12.5. The Morgan fingerprint density at radius 2 is 1.06 bits per heavy atom. The van der Waals surface area contributed by atoms with Gasteiger partial charge < -0.3 is 30.3 Å². The second kappa shape index (κ2) is 9.37. The van der Waals surface area contributed by atoms with Crippen LogP contribution in [0.3, 0.4) is 0 Å². The minimum Gasteiger partial charge on any atom is -0.444 e. The van der Waals surface area contributed by atoms with Gasteiger partial charge in [0.15, 0.2) is 0 Å². The summed E-state index contributed by atoms with van der Waals surface area (Å²) in [5, 5.41) is 27.7. The summed E-state index contributed by atoms with van der Waals surface area (Å²) in [7, 11) is 0. The number of rotatable bonds is 3. The van der Waals surface area contributed by atoms with Crippen LogP contribution in [-0.4, -0.2) is 56.9 Å². The number of nitrogens with one attached hydrogen (secondary N) is 2. The van der Waals surface area contributed by atoms with Crippen LogP contribution in [0.15, 0.2) is 0 Å². The molecule has 0 spiro atoms. The molecule has 4 N–H and O–H groups in total. The highest BCUT2D eigenvalue weighted by Gasteiger charge is 2.48. The molecule has 2 amide bonds. The van der Waals surface area contributed by atoms with Crippen LogP contribution in [-0.2, 0) is 9.47 Å². The van der Waals surface area contributed by atoms with Gasteiger partial charge in [-0.3, -0.25) is 0 Å². The number of alkyl carbamates (subject to hydrolysis) is 2. The third-order valence-electron chi connectivity index (χ3n) is 6.33. The van der Waals surface area contributed by atoms with Gasteiger partial charge in [0.1, 0.15) is 11.2 Å². The van der Waals surface area contributed by atoms with Gasteiger partial charge in [-0.2, -0.15) is 0 Å². The van der Waals surface area contributed by atoms with Gasteiger partial charge in [0.05, 0.1) is 11.2 Å². The van der Waals surface area contributed by atoms with E-state index in [4.69, 9.17) is 9.47 Å². The maximum absolute atomic E-state index is 12.5. The lowest BCUT2D eigenvalue weighted by Gasteiger charge is -2.49. The topological polar surface area (TPSA) is 117 Å². The van der Waals surface area contributed by atoms with Crippen LogP contribution < -0.4 is 10.6 Å². The van der Waals surface area contributed by atoms with E-state index >= 15 is 0 Å². The molecule has 2 aliphatic carbocycles. The zero-order valence-corrected chi connectivity index (χ0v) is 21.1. The summed E-state index contributed by atoms with van der Waals surface area (Å²) in [5.41, 5.74) is -2.99. The van der Waals surface area contributed by atoms with Crippen molar-refractivity contribution in [2.75, 3.05) is 0 Å². The zero-order valence-electron chi connectivity index (χ0n) is 21.1. The van der Waals surface area contributed by atoms with Gasteiger partial charge >= 0.3 is 12.2 Å². The van der Waals surface area contributed by atoms with Gasteiger partial charge in [-0.05, 0) is 106 Å². The molecule has 8 nitrogen and oxygen atoms in total. The SMILES string of the molecule is CC(C)(C)OC(=O)N[C@H]1CC[C@@](C)(O)CC1C1C[C@](C)(O)CC[C@H]1NC(=O)OC(C)(C)C. The van der Waals surface area contributed by atoms with Crippen molar-refractivity contribution in [1.82, 2.24) is 10.6 Å². The third-order valence-corrected chi connectivity index (χ3v) is 6.33. The van der Waals surface area contributed by atoms with Crippen molar-refractivity contribution in [3.63, 3.8) is 0 Å². The Labute approximate surface area is 192 Å². The lowest BCUT2D eigenvalue weighted by atomic mass is 9.62. The lowest BCUT2D eigenvalue weighted by Crippen LogP contribution is -2.58. The average molecular weight is 457 g/mol. The van der Waals surface area contributed by atoms with E-state index in [1.165, 1.54) is 0 Å². The van der Waals surface area contributed by atoms with Crippen molar-refractivity contribution >= 4 is 12.2 Å². The first kappa shape index (κ1) is 26.7. The highest BCUT2D eigenvalue weighted by molar-refractivity contribution is 5.68. The molecule has 0 aromatic heterocycles. The summed E-state index contributed by atoms with van der Waals surface area (Å²) >= 11 is 0. The summed E-state index contributed by atoms with van der Waals surface area (Å²) in [5.74, 6) is -0.282. The zero-order chi connectivity index (χ0) is 24.5. The lowest BCUT2D eigenvalue weighted by molar-refractivity contribution is -0.0694. The van der Waals surface area contributed by atoms with Crippen molar-refractivity contribution in [3.05, 3.63) is 0 Å². The molecule has 0 aliphatic heterocycles. The summed E-state index contributed by atoms with van der Waals surface area (Å²) in [4.78, 5) is 25.0. The maximum Gasteiger partial charge on any atom is 0.407 e. The minimum absolute atomic E-state index is 0.141. The second-order valence-electron chi connectivity index (χ2n) is 12.3. The first-order valence-corrected chi connectivity index (χ1v) is 11.8. The van der Waals surface area contributed by atoms with Crippen molar-refractivity contribution in [1.29, 1.82) is 0 Å². The van der Waals surface area contributed by atoms with Crippen LogP contribution in [0.4, 0.5) is 9.59 Å². The minimum atomic E-state index is -0.878.